The molecule has 9 heavy (non-hydrogen) atoms. The molecule has 0 saturated carbocycles. The summed E-state index contributed by atoms with van der Waals surface area (Å²) < 4.78 is 0. The molecule has 3 nitrogen and oxygen atoms in total. The molecule has 0 bridgehead atoms. The molecule has 0 aliphatic rings. The fourth-order valence-electron chi connectivity index (χ4n) is 0. The molecule has 0 radical (unpaired) electrons. The van der Waals surface area contributed by atoms with Gasteiger partial charge in [-0.15, -0.1) is 0 Å². The molecule has 0 rings (SSSR count). The van der Waals surface area contributed by atoms with Crippen molar-refractivity contribution in [1.82, 2.24) is 5.32 Å². The first-order valence-corrected chi connectivity index (χ1v) is 2.79. The van der Waals surface area contributed by atoms with Gasteiger partial charge in [0, 0.05) is 13.5 Å². The molecule has 1 N–H and O–H groups in total. The average Bonchev–Trinajstić information content (AvgIpc) is 1.89. The van der Waals surface area contributed by atoms with Crippen molar-refractivity contribution >= 4 is 12.2 Å². The predicted molar refractivity (Wildman–Crippen MR) is 36.1 cm³/mol. The quantitative estimate of drug-likeness (QED) is 0.549. The van der Waals surface area contributed by atoms with Gasteiger partial charge in [-0.25, -0.2) is 0 Å². The standard InChI is InChI=1S/C4H8O.C2H5NO/c1-3-4(2)5;1-3-2-4/h3H2,1-2H3;2H,1H3,(H,3,4). The topological polar surface area (TPSA) is 46.2 Å². The van der Waals surface area contributed by atoms with Crippen LogP contribution in [0.3, 0.4) is 0 Å². The van der Waals surface area contributed by atoms with E-state index in [1.54, 1.807) is 14.0 Å². The van der Waals surface area contributed by atoms with E-state index in [4.69, 9.17) is 4.79 Å². The molecule has 0 aromatic carbocycles. The van der Waals surface area contributed by atoms with Crippen LogP contribution in [0.15, 0.2) is 0 Å². The Balaban J connectivity index is 0. The number of carbonyl (C=O) groups excluding carboxylic acids is 2. The van der Waals surface area contributed by atoms with Crippen LogP contribution in [0.5, 0.6) is 0 Å². The monoisotopic (exact) mass is 131 g/mol. The molecule has 0 fully saturated rings. The van der Waals surface area contributed by atoms with Crippen LogP contribution >= 0.6 is 0 Å². The van der Waals surface area contributed by atoms with Crippen molar-refractivity contribution in [2.45, 2.75) is 20.3 Å². The van der Waals surface area contributed by atoms with E-state index in [0.717, 1.165) is 0 Å². The summed E-state index contributed by atoms with van der Waals surface area (Å²) in [5, 5.41) is 2.25. The average molecular weight is 131 g/mol. The van der Waals surface area contributed by atoms with Crippen LogP contribution in [-0.2, 0) is 9.59 Å². The summed E-state index contributed by atoms with van der Waals surface area (Å²) in [5.41, 5.74) is 0. The number of Topliss-reactive ketones (excluding diaryl/α,β-unsaturated/α-hetero) is 1. The molecular formula is C6H13NO2. The minimum atomic E-state index is 0.255. The van der Waals surface area contributed by atoms with Gasteiger partial charge in [0.1, 0.15) is 5.78 Å². The van der Waals surface area contributed by atoms with E-state index < -0.39 is 0 Å². The van der Waals surface area contributed by atoms with Crippen molar-refractivity contribution in [3.63, 3.8) is 0 Å². The lowest BCUT2D eigenvalue weighted by molar-refractivity contribution is -0.116. The first-order valence-electron chi connectivity index (χ1n) is 2.79. The zero-order valence-electron chi connectivity index (χ0n) is 6.10. The van der Waals surface area contributed by atoms with E-state index in [2.05, 4.69) is 5.32 Å². The van der Waals surface area contributed by atoms with Crippen molar-refractivity contribution in [3.8, 4) is 0 Å². The zero-order chi connectivity index (χ0) is 7.70. The molecule has 0 aromatic rings. The van der Waals surface area contributed by atoms with E-state index >= 15 is 0 Å². The number of hydrogen-bond donors (Lipinski definition) is 1. The van der Waals surface area contributed by atoms with E-state index in [9.17, 15) is 4.79 Å². The fraction of sp³-hybridized carbons (Fsp3) is 0.667. The Kier molecular flexibility index (Phi) is 12.5. The highest BCUT2D eigenvalue weighted by molar-refractivity contribution is 5.74. The van der Waals surface area contributed by atoms with Gasteiger partial charge in [0.2, 0.25) is 6.41 Å². The van der Waals surface area contributed by atoms with Gasteiger partial charge in [-0.05, 0) is 6.92 Å². The molecule has 0 heterocycles. The lowest BCUT2D eigenvalue weighted by atomic mass is 10.4. The van der Waals surface area contributed by atoms with Gasteiger partial charge in [0.15, 0.2) is 0 Å². The van der Waals surface area contributed by atoms with Crippen molar-refractivity contribution in [3.05, 3.63) is 0 Å². The predicted octanol–water partition coefficient (Wildman–Crippen LogP) is 0.348. The van der Waals surface area contributed by atoms with Gasteiger partial charge in [0.25, 0.3) is 0 Å². The third-order valence-corrected chi connectivity index (χ3v) is 0.616. The molecule has 0 aromatic heterocycles. The minimum absolute atomic E-state index is 0.255. The number of nitrogens with one attached hydrogen (secondary N) is 1. The molecule has 54 valence electrons. The van der Waals surface area contributed by atoms with Crippen molar-refractivity contribution in [1.29, 1.82) is 0 Å². The summed E-state index contributed by atoms with van der Waals surface area (Å²) in [6.07, 6.45) is 1.29. The summed E-state index contributed by atoms with van der Waals surface area (Å²) in [7, 11) is 1.56. The van der Waals surface area contributed by atoms with Crippen molar-refractivity contribution in [2.24, 2.45) is 0 Å². The van der Waals surface area contributed by atoms with Gasteiger partial charge >= 0.3 is 0 Å². The molecule has 0 atom stereocenters. The molecule has 0 aliphatic carbocycles. The first kappa shape index (κ1) is 11.0. The molecule has 0 aliphatic heterocycles. The molecule has 0 unspecified atom stereocenters. The number of amides is 1. The minimum Gasteiger partial charge on any atom is -0.362 e. The molecule has 0 saturated heterocycles. The number of hydrogen-bond acceptors (Lipinski definition) is 2. The third kappa shape index (κ3) is 41.2. The third-order valence-electron chi connectivity index (χ3n) is 0.616. The highest BCUT2D eigenvalue weighted by atomic mass is 16.1. The highest BCUT2D eigenvalue weighted by Crippen LogP contribution is 1.71. The second-order valence-electron chi connectivity index (χ2n) is 1.46. The summed E-state index contributed by atoms with van der Waals surface area (Å²) in [4.78, 5) is 18.9. The summed E-state index contributed by atoms with van der Waals surface area (Å²) in [5.74, 6) is 0.255. The van der Waals surface area contributed by atoms with Crippen LogP contribution in [0.25, 0.3) is 0 Å². The molecular weight excluding hydrogens is 118 g/mol. The van der Waals surface area contributed by atoms with Crippen LogP contribution in [0.2, 0.25) is 0 Å². The lowest BCUT2D eigenvalue weighted by Crippen LogP contribution is -1.98. The molecule has 3 heteroatoms. The Labute approximate surface area is 55.4 Å². The Morgan fingerprint density at radius 2 is 1.89 bits per heavy atom. The summed E-state index contributed by atoms with van der Waals surface area (Å²) in [6.45, 7) is 3.43. The maximum atomic E-state index is 9.81. The Morgan fingerprint density at radius 3 is 1.89 bits per heavy atom. The summed E-state index contributed by atoms with van der Waals surface area (Å²) >= 11 is 0. The number of rotatable bonds is 2. The van der Waals surface area contributed by atoms with Crippen LogP contribution in [0.4, 0.5) is 0 Å². The Bertz CT molecular complexity index is 81.1. The van der Waals surface area contributed by atoms with E-state index in [-0.39, 0.29) is 5.78 Å². The lowest BCUT2D eigenvalue weighted by Gasteiger charge is -1.71. The van der Waals surface area contributed by atoms with Crippen LogP contribution in [0.1, 0.15) is 20.3 Å². The fourth-order valence-corrected chi connectivity index (χ4v) is 0. The second-order valence-corrected chi connectivity index (χ2v) is 1.46. The van der Waals surface area contributed by atoms with E-state index in [1.165, 1.54) is 0 Å². The highest BCUT2D eigenvalue weighted by Gasteiger charge is 1.76. The SMILES string of the molecule is CCC(C)=O.CNC=O. The second kappa shape index (κ2) is 10.2. The van der Waals surface area contributed by atoms with Crippen LogP contribution < -0.4 is 5.32 Å². The van der Waals surface area contributed by atoms with Crippen LogP contribution in [-0.4, -0.2) is 19.2 Å². The largest absolute Gasteiger partial charge is 0.362 e. The smallest absolute Gasteiger partial charge is 0.206 e. The van der Waals surface area contributed by atoms with Gasteiger partial charge in [-0.2, -0.15) is 0 Å². The zero-order valence-corrected chi connectivity index (χ0v) is 6.10. The maximum absolute atomic E-state index is 9.81. The number of ketones is 1. The van der Waals surface area contributed by atoms with Gasteiger partial charge in [0.05, 0.1) is 0 Å². The van der Waals surface area contributed by atoms with Crippen molar-refractivity contribution in [2.75, 3.05) is 7.05 Å². The van der Waals surface area contributed by atoms with E-state index in [0.29, 0.717) is 12.8 Å². The molecule has 0 spiro atoms. The Morgan fingerprint density at radius 1 is 1.67 bits per heavy atom. The Hall–Kier alpha value is -0.860. The van der Waals surface area contributed by atoms with Gasteiger partial charge < -0.3 is 10.1 Å². The van der Waals surface area contributed by atoms with E-state index in [1.807, 2.05) is 6.92 Å². The summed E-state index contributed by atoms with van der Waals surface area (Å²) in [6, 6.07) is 0. The first-order chi connectivity index (χ1) is 4.18. The van der Waals surface area contributed by atoms with Gasteiger partial charge in [-0.1, -0.05) is 6.92 Å². The van der Waals surface area contributed by atoms with Gasteiger partial charge in [-0.3, -0.25) is 4.79 Å². The van der Waals surface area contributed by atoms with Crippen LogP contribution in [0, 0.1) is 0 Å². The maximum Gasteiger partial charge on any atom is 0.206 e. The normalized spacial score (nSPS) is 6.56. The molecule has 1 amide bonds. The number of carbonyl (C=O) groups is 2. The van der Waals surface area contributed by atoms with Crippen molar-refractivity contribution < 1.29 is 9.59 Å².